The Labute approximate surface area is 102 Å². The van der Waals surface area contributed by atoms with Crippen molar-refractivity contribution in [1.29, 1.82) is 0 Å². The van der Waals surface area contributed by atoms with E-state index in [1.807, 2.05) is 12.1 Å². The zero-order chi connectivity index (χ0) is 10.8. The number of nitrogens with zero attached hydrogens (tertiary/aromatic N) is 1. The first-order chi connectivity index (χ1) is 7.92. The molecule has 1 fully saturated rings. The third-order valence-electron chi connectivity index (χ3n) is 2.40. The van der Waals surface area contributed by atoms with Crippen LogP contribution in [0.3, 0.4) is 0 Å². The zero-order valence-electron chi connectivity index (χ0n) is 8.68. The predicted octanol–water partition coefficient (Wildman–Crippen LogP) is 2.33. The summed E-state index contributed by atoms with van der Waals surface area (Å²) in [4.78, 5) is 4.58. The molecule has 1 N–H and O–H groups in total. The summed E-state index contributed by atoms with van der Waals surface area (Å²) in [7, 11) is 0. The van der Waals surface area contributed by atoms with Gasteiger partial charge in [-0.1, -0.05) is 23.9 Å². The van der Waals surface area contributed by atoms with Gasteiger partial charge >= 0.3 is 0 Å². The van der Waals surface area contributed by atoms with Crippen LogP contribution in [0, 0.1) is 0 Å². The molecule has 1 aromatic carbocycles. The highest BCUT2D eigenvalue weighted by Gasteiger charge is 2.16. The van der Waals surface area contributed by atoms with Crippen LogP contribution in [0.5, 0.6) is 0 Å². The molecule has 0 radical (unpaired) electrons. The van der Waals surface area contributed by atoms with Crippen LogP contribution in [0.2, 0.25) is 0 Å². The van der Waals surface area contributed by atoms with E-state index in [-0.39, 0.29) is 5.44 Å². The Bertz CT molecular complexity index is 447. The number of hydrogen-bond donors (Lipinski definition) is 1. The molecule has 3 rings (SSSR count). The van der Waals surface area contributed by atoms with Gasteiger partial charge in [-0.05, 0) is 12.1 Å². The fourth-order valence-corrected chi connectivity index (χ4v) is 3.85. The maximum absolute atomic E-state index is 5.64. The van der Waals surface area contributed by atoms with Gasteiger partial charge in [0, 0.05) is 13.1 Å². The Balaban J connectivity index is 1.78. The topological polar surface area (TPSA) is 34.1 Å². The van der Waals surface area contributed by atoms with Gasteiger partial charge in [0.05, 0.1) is 16.8 Å². The van der Waals surface area contributed by atoms with Crippen molar-refractivity contribution in [3.8, 4) is 0 Å². The molecule has 1 atom stereocenters. The van der Waals surface area contributed by atoms with Gasteiger partial charge < -0.3 is 10.1 Å². The monoisotopic (exact) mass is 252 g/mol. The SMILES string of the molecule is c1ccc2sc(SC3CNCCO3)nc2c1. The van der Waals surface area contributed by atoms with Crippen LogP contribution in [0.4, 0.5) is 0 Å². The molecule has 1 aliphatic rings. The standard InChI is InChI=1S/C11H12N2OS2/c1-2-4-9-8(3-1)13-11(15-9)16-10-7-12-5-6-14-10/h1-4,10,12H,5-7H2. The van der Waals surface area contributed by atoms with E-state index in [0.29, 0.717) is 0 Å². The third-order valence-corrected chi connectivity index (χ3v) is 4.63. The number of thioether (sulfide) groups is 1. The van der Waals surface area contributed by atoms with Gasteiger partial charge in [0.1, 0.15) is 5.44 Å². The molecule has 0 saturated carbocycles. The highest BCUT2D eigenvalue weighted by molar-refractivity contribution is 8.01. The Morgan fingerprint density at radius 2 is 2.38 bits per heavy atom. The summed E-state index contributed by atoms with van der Waals surface area (Å²) in [5, 5.41) is 3.32. The molecule has 2 aromatic rings. The van der Waals surface area contributed by atoms with E-state index in [0.717, 1.165) is 29.6 Å². The molecular weight excluding hydrogens is 240 g/mol. The minimum absolute atomic E-state index is 0.203. The minimum atomic E-state index is 0.203. The van der Waals surface area contributed by atoms with Gasteiger partial charge in [-0.2, -0.15) is 0 Å². The molecule has 1 unspecified atom stereocenters. The number of nitrogens with one attached hydrogen (secondary N) is 1. The molecule has 3 nitrogen and oxygen atoms in total. The molecular formula is C11H12N2OS2. The Morgan fingerprint density at radius 3 is 3.19 bits per heavy atom. The second-order valence-electron chi connectivity index (χ2n) is 3.57. The van der Waals surface area contributed by atoms with Gasteiger partial charge in [-0.25, -0.2) is 4.98 Å². The van der Waals surface area contributed by atoms with Crippen LogP contribution >= 0.6 is 23.1 Å². The summed E-state index contributed by atoms with van der Waals surface area (Å²) in [6.07, 6.45) is 0. The molecule has 2 heterocycles. The van der Waals surface area contributed by atoms with Crippen LogP contribution in [-0.4, -0.2) is 30.1 Å². The number of thiazole rings is 1. The smallest absolute Gasteiger partial charge is 0.153 e. The predicted molar refractivity (Wildman–Crippen MR) is 68.1 cm³/mol. The van der Waals surface area contributed by atoms with Crippen molar-refractivity contribution < 1.29 is 4.74 Å². The fourth-order valence-electron chi connectivity index (χ4n) is 1.63. The van der Waals surface area contributed by atoms with Crippen LogP contribution in [0.15, 0.2) is 28.6 Å². The van der Waals surface area contributed by atoms with E-state index < -0.39 is 0 Å². The van der Waals surface area contributed by atoms with Crippen LogP contribution in [0.25, 0.3) is 10.2 Å². The van der Waals surface area contributed by atoms with Gasteiger partial charge in [0.15, 0.2) is 4.34 Å². The molecule has 1 aromatic heterocycles. The van der Waals surface area contributed by atoms with E-state index >= 15 is 0 Å². The van der Waals surface area contributed by atoms with E-state index in [9.17, 15) is 0 Å². The summed E-state index contributed by atoms with van der Waals surface area (Å²) in [5.41, 5.74) is 1.29. The van der Waals surface area contributed by atoms with Crippen molar-refractivity contribution in [1.82, 2.24) is 10.3 Å². The maximum Gasteiger partial charge on any atom is 0.153 e. The van der Waals surface area contributed by atoms with E-state index in [1.165, 1.54) is 4.70 Å². The minimum Gasteiger partial charge on any atom is -0.364 e. The Hall–Kier alpha value is -0.620. The summed E-state index contributed by atoms with van der Waals surface area (Å²) < 4.78 is 7.98. The lowest BCUT2D eigenvalue weighted by Gasteiger charge is -2.21. The lowest BCUT2D eigenvalue weighted by molar-refractivity contribution is 0.0853. The number of ether oxygens (including phenoxy) is 1. The third kappa shape index (κ3) is 2.22. The highest BCUT2D eigenvalue weighted by atomic mass is 32.2. The van der Waals surface area contributed by atoms with Crippen molar-refractivity contribution in [2.24, 2.45) is 0 Å². The largest absolute Gasteiger partial charge is 0.364 e. The molecule has 1 aliphatic heterocycles. The van der Waals surface area contributed by atoms with Gasteiger partial charge in [0.2, 0.25) is 0 Å². The average molecular weight is 252 g/mol. The normalized spacial score (nSPS) is 21.4. The lowest BCUT2D eigenvalue weighted by atomic mass is 10.3. The second kappa shape index (κ2) is 4.71. The molecule has 0 bridgehead atoms. The van der Waals surface area contributed by atoms with E-state index in [1.54, 1.807) is 23.1 Å². The quantitative estimate of drug-likeness (QED) is 0.889. The second-order valence-corrected chi connectivity index (χ2v) is 6.01. The van der Waals surface area contributed by atoms with Crippen LogP contribution < -0.4 is 5.32 Å². The molecule has 5 heteroatoms. The average Bonchev–Trinajstić information content (AvgIpc) is 2.72. The molecule has 16 heavy (non-hydrogen) atoms. The number of fused-ring (bicyclic) bond motifs is 1. The summed E-state index contributed by atoms with van der Waals surface area (Å²) >= 11 is 3.45. The fraction of sp³-hybridized carbons (Fsp3) is 0.364. The Morgan fingerprint density at radius 1 is 1.44 bits per heavy atom. The van der Waals surface area contributed by atoms with Gasteiger partial charge in [-0.3, -0.25) is 0 Å². The van der Waals surface area contributed by atoms with Crippen molar-refractivity contribution in [3.05, 3.63) is 24.3 Å². The van der Waals surface area contributed by atoms with Gasteiger partial charge in [0.25, 0.3) is 0 Å². The number of rotatable bonds is 2. The van der Waals surface area contributed by atoms with Gasteiger partial charge in [-0.15, -0.1) is 11.3 Å². The summed E-state index contributed by atoms with van der Waals surface area (Å²) in [6.45, 7) is 2.65. The van der Waals surface area contributed by atoms with Crippen molar-refractivity contribution in [2.75, 3.05) is 19.7 Å². The number of hydrogen-bond acceptors (Lipinski definition) is 5. The van der Waals surface area contributed by atoms with E-state index in [2.05, 4.69) is 22.4 Å². The lowest BCUT2D eigenvalue weighted by Crippen LogP contribution is -2.36. The molecule has 84 valence electrons. The first kappa shape index (κ1) is 10.5. The highest BCUT2D eigenvalue weighted by Crippen LogP contribution is 2.32. The van der Waals surface area contributed by atoms with Crippen molar-refractivity contribution >= 4 is 33.3 Å². The van der Waals surface area contributed by atoms with Crippen LogP contribution in [0.1, 0.15) is 0 Å². The molecule has 0 aliphatic carbocycles. The number of benzene rings is 1. The maximum atomic E-state index is 5.64. The number of aromatic nitrogens is 1. The van der Waals surface area contributed by atoms with Crippen LogP contribution in [-0.2, 0) is 4.74 Å². The number of para-hydroxylation sites is 1. The van der Waals surface area contributed by atoms with Crippen molar-refractivity contribution in [2.45, 2.75) is 9.78 Å². The first-order valence-corrected chi connectivity index (χ1v) is 6.96. The number of morpholine rings is 1. The molecule has 1 saturated heterocycles. The molecule has 0 spiro atoms. The van der Waals surface area contributed by atoms with E-state index in [4.69, 9.17) is 4.74 Å². The van der Waals surface area contributed by atoms with Crippen molar-refractivity contribution in [3.63, 3.8) is 0 Å². The zero-order valence-corrected chi connectivity index (χ0v) is 10.3. The molecule has 0 amide bonds. The summed E-state index contributed by atoms with van der Waals surface area (Å²) in [5.74, 6) is 0. The first-order valence-electron chi connectivity index (χ1n) is 5.26. The Kier molecular flexibility index (Phi) is 3.10. The summed E-state index contributed by atoms with van der Waals surface area (Å²) in [6, 6.07) is 8.23.